The van der Waals surface area contributed by atoms with E-state index in [9.17, 15) is 14.4 Å². The number of rotatable bonds is 5. The third-order valence-corrected chi connectivity index (χ3v) is 4.61. The summed E-state index contributed by atoms with van der Waals surface area (Å²) in [6.07, 6.45) is 2.99. The maximum absolute atomic E-state index is 13.0. The molecule has 1 aliphatic heterocycles. The number of benzene rings is 2. The van der Waals surface area contributed by atoms with E-state index in [1.165, 1.54) is 6.08 Å². The van der Waals surface area contributed by atoms with Gasteiger partial charge < -0.3 is 4.74 Å². The number of amides is 4. The smallest absolute Gasteiger partial charge is 0.335 e. The number of aryl methyl sites for hydroxylation is 2. The normalized spacial score (nSPS) is 15.5. The number of ether oxygens (including phenoxy) is 1. The van der Waals surface area contributed by atoms with Gasteiger partial charge in [0.05, 0.1) is 10.7 Å². The van der Waals surface area contributed by atoms with Crippen LogP contribution in [0.4, 0.5) is 10.5 Å². The van der Waals surface area contributed by atoms with Crippen molar-refractivity contribution >= 4 is 41.2 Å². The molecule has 1 saturated heterocycles. The lowest BCUT2D eigenvalue weighted by atomic mass is 10.0. The van der Waals surface area contributed by atoms with Gasteiger partial charge >= 0.3 is 6.03 Å². The Labute approximate surface area is 173 Å². The van der Waals surface area contributed by atoms with Gasteiger partial charge in [-0.1, -0.05) is 48.0 Å². The van der Waals surface area contributed by atoms with Crippen LogP contribution < -0.4 is 15.0 Å². The number of carbonyl (C=O) groups excluding carboxylic acids is 3. The highest BCUT2D eigenvalue weighted by Gasteiger charge is 2.37. The van der Waals surface area contributed by atoms with E-state index in [1.807, 2.05) is 13.0 Å². The fourth-order valence-corrected chi connectivity index (χ4v) is 3.22. The molecule has 148 valence electrons. The Morgan fingerprint density at radius 2 is 1.90 bits per heavy atom. The molecular weight excluding hydrogens is 392 g/mol. The third kappa shape index (κ3) is 4.22. The van der Waals surface area contributed by atoms with Crippen molar-refractivity contribution < 1.29 is 19.1 Å². The molecule has 0 bridgehead atoms. The minimum absolute atomic E-state index is 0.166. The van der Waals surface area contributed by atoms with Gasteiger partial charge in [-0.05, 0) is 49.2 Å². The zero-order valence-corrected chi connectivity index (χ0v) is 16.7. The Bertz CT molecular complexity index is 1060. The number of hydrogen-bond acceptors (Lipinski definition) is 4. The molecule has 6 nitrogen and oxygen atoms in total. The van der Waals surface area contributed by atoms with Crippen molar-refractivity contribution in [1.82, 2.24) is 5.32 Å². The van der Waals surface area contributed by atoms with Gasteiger partial charge in [0.15, 0.2) is 0 Å². The van der Waals surface area contributed by atoms with Crippen molar-refractivity contribution in [2.45, 2.75) is 13.8 Å². The van der Waals surface area contributed by atoms with Gasteiger partial charge in [-0.2, -0.15) is 0 Å². The van der Waals surface area contributed by atoms with Crippen LogP contribution in [0.25, 0.3) is 6.08 Å². The van der Waals surface area contributed by atoms with E-state index in [0.717, 1.165) is 16.0 Å². The zero-order valence-electron chi connectivity index (χ0n) is 16.0. The molecule has 4 amide bonds. The van der Waals surface area contributed by atoms with E-state index in [-0.39, 0.29) is 5.57 Å². The maximum atomic E-state index is 13.0. The van der Waals surface area contributed by atoms with Crippen LogP contribution in [0.15, 0.2) is 54.6 Å². The Hall–Kier alpha value is -3.38. The van der Waals surface area contributed by atoms with E-state index < -0.39 is 17.8 Å². The summed E-state index contributed by atoms with van der Waals surface area (Å²) in [4.78, 5) is 38.6. The summed E-state index contributed by atoms with van der Waals surface area (Å²) in [5.41, 5.74) is 2.52. The average molecular weight is 411 g/mol. The van der Waals surface area contributed by atoms with Gasteiger partial charge in [-0.15, -0.1) is 0 Å². The molecule has 3 rings (SSSR count). The van der Waals surface area contributed by atoms with E-state index in [4.69, 9.17) is 16.3 Å². The number of anilines is 1. The summed E-state index contributed by atoms with van der Waals surface area (Å²) in [6.45, 7) is 7.58. The minimum Gasteiger partial charge on any atom is -0.488 e. The molecule has 0 aliphatic carbocycles. The highest BCUT2D eigenvalue weighted by atomic mass is 35.5. The third-order valence-electron chi connectivity index (χ3n) is 4.32. The summed E-state index contributed by atoms with van der Waals surface area (Å²) in [6, 6.07) is 9.42. The highest BCUT2D eigenvalue weighted by Crippen LogP contribution is 2.29. The van der Waals surface area contributed by atoms with Crippen molar-refractivity contribution in [3.05, 3.63) is 76.3 Å². The van der Waals surface area contributed by atoms with Crippen LogP contribution in [-0.4, -0.2) is 24.5 Å². The quantitative estimate of drug-likeness (QED) is 0.455. The monoisotopic (exact) mass is 410 g/mol. The number of halogens is 1. The summed E-state index contributed by atoms with van der Waals surface area (Å²) in [7, 11) is 0. The molecule has 0 radical (unpaired) electrons. The molecule has 0 spiro atoms. The van der Waals surface area contributed by atoms with Crippen molar-refractivity contribution in [2.75, 3.05) is 11.5 Å². The molecule has 1 aliphatic rings. The standard InChI is InChI=1S/C22H19ClN2O4/c1-4-9-29-19-8-6-15(12-17(19)23)11-16-20(26)24-22(28)25(21(16)27)18-7-5-13(2)10-14(18)3/h4-8,10-12H,1,9H2,2-3H3,(H,24,26,28)/b16-11+. The zero-order chi connectivity index (χ0) is 21.1. The second-order valence-electron chi connectivity index (χ2n) is 6.54. The summed E-state index contributed by atoms with van der Waals surface area (Å²) < 4.78 is 5.42. The average Bonchev–Trinajstić information content (AvgIpc) is 2.66. The molecule has 0 atom stereocenters. The lowest BCUT2D eigenvalue weighted by Gasteiger charge is -2.27. The number of nitrogens with one attached hydrogen (secondary N) is 1. The number of barbiturate groups is 1. The lowest BCUT2D eigenvalue weighted by molar-refractivity contribution is -0.122. The van der Waals surface area contributed by atoms with Gasteiger partial charge in [-0.25, -0.2) is 9.69 Å². The second-order valence-corrected chi connectivity index (χ2v) is 6.94. The molecule has 0 unspecified atom stereocenters. The molecule has 1 heterocycles. The van der Waals surface area contributed by atoms with E-state index in [0.29, 0.717) is 28.6 Å². The van der Waals surface area contributed by atoms with E-state index in [1.54, 1.807) is 43.3 Å². The summed E-state index contributed by atoms with van der Waals surface area (Å²) >= 11 is 6.20. The first-order valence-electron chi connectivity index (χ1n) is 8.83. The second kappa shape index (κ2) is 8.32. The van der Waals surface area contributed by atoms with Crippen molar-refractivity contribution in [3.8, 4) is 5.75 Å². The number of imide groups is 2. The van der Waals surface area contributed by atoms with Gasteiger partial charge in [0.1, 0.15) is 17.9 Å². The Balaban J connectivity index is 1.97. The number of hydrogen-bond donors (Lipinski definition) is 1. The van der Waals surface area contributed by atoms with Crippen LogP contribution in [0.3, 0.4) is 0 Å². The predicted octanol–water partition coefficient (Wildman–Crippen LogP) is 4.19. The minimum atomic E-state index is -0.782. The lowest BCUT2D eigenvalue weighted by Crippen LogP contribution is -2.54. The maximum Gasteiger partial charge on any atom is 0.335 e. The summed E-state index contributed by atoms with van der Waals surface area (Å²) in [5.74, 6) is -1.00. The van der Waals surface area contributed by atoms with Crippen LogP contribution in [0.1, 0.15) is 16.7 Å². The molecule has 0 aromatic heterocycles. The molecule has 1 N–H and O–H groups in total. The Kier molecular flexibility index (Phi) is 5.84. The van der Waals surface area contributed by atoms with E-state index in [2.05, 4.69) is 11.9 Å². The van der Waals surface area contributed by atoms with Crippen LogP contribution >= 0.6 is 11.6 Å². The fourth-order valence-electron chi connectivity index (χ4n) is 2.97. The summed E-state index contributed by atoms with van der Waals surface area (Å²) in [5, 5.41) is 2.54. The molecule has 0 saturated carbocycles. The fraction of sp³-hybridized carbons (Fsp3) is 0.136. The topological polar surface area (TPSA) is 75.7 Å². The highest BCUT2D eigenvalue weighted by molar-refractivity contribution is 6.39. The first-order chi connectivity index (χ1) is 13.8. The van der Waals surface area contributed by atoms with Crippen LogP contribution in [0, 0.1) is 13.8 Å². The molecule has 1 fully saturated rings. The van der Waals surface area contributed by atoms with Crippen LogP contribution in [0.2, 0.25) is 5.02 Å². The Morgan fingerprint density at radius 3 is 2.55 bits per heavy atom. The number of urea groups is 1. The largest absolute Gasteiger partial charge is 0.488 e. The molecule has 29 heavy (non-hydrogen) atoms. The van der Waals surface area contributed by atoms with Gasteiger partial charge in [0.25, 0.3) is 11.8 Å². The van der Waals surface area contributed by atoms with Crippen LogP contribution in [-0.2, 0) is 9.59 Å². The van der Waals surface area contributed by atoms with E-state index >= 15 is 0 Å². The Morgan fingerprint density at radius 1 is 1.14 bits per heavy atom. The molecule has 2 aromatic rings. The van der Waals surface area contributed by atoms with Crippen molar-refractivity contribution in [2.24, 2.45) is 0 Å². The first kappa shape index (κ1) is 20.4. The van der Waals surface area contributed by atoms with Gasteiger partial charge in [0, 0.05) is 0 Å². The van der Waals surface area contributed by atoms with Crippen LogP contribution in [0.5, 0.6) is 5.75 Å². The molecular formula is C22H19ClN2O4. The number of nitrogens with zero attached hydrogens (tertiary/aromatic N) is 1. The number of carbonyl (C=O) groups is 3. The SMILES string of the molecule is C=CCOc1ccc(/C=C2\C(=O)NC(=O)N(c3ccc(C)cc3C)C2=O)cc1Cl. The van der Waals surface area contributed by atoms with Gasteiger partial charge in [0.2, 0.25) is 0 Å². The van der Waals surface area contributed by atoms with Crippen molar-refractivity contribution in [3.63, 3.8) is 0 Å². The van der Waals surface area contributed by atoms with Crippen molar-refractivity contribution in [1.29, 1.82) is 0 Å². The van der Waals surface area contributed by atoms with Gasteiger partial charge in [-0.3, -0.25) is 14.9 Å². The first-order valence-corrected chi connectivity index (χ1v) is 9.21. The molecule has 2 aromatic carbocycles. The molecule has 7 heteroatoms. The predicted molar refractivity (Wildman–Crippen MR) is 112 cm³/mol.